The van der Waals surface area contributed by atoms with Crippen LogP contribution >= 0.6 is 11.3 Å². The molecule has 0 unspecified atom stereocenters. The molecule has 0 bridgehead atoms. The highest BCUT2D eigenvalue weighted by atomic mass is 32.1. The van der Waals surface area contributed by atoms with E-state index in [9.17, 15) is 18.0 Å². The minimum atomic E-state index is -4.63. The second-order valence-electron chi connectivity index (χ2n) is 6.53. The van der Waals surface area contributed by atoms with E-state index in [0.29, 0.717) is 22.5 Å². The van der Waals surface area contributed by atoms with Gasteiger partial charge in [0.1, 0.15) is 0 Å². The lowest BCUT2D eigenvalue weighted by Gasteiger charge is -2.32. The fourth-order valence-electron chi connectivity index (χ4n) is 2.96. The molecule has 1 fully saturated rings. The van der Waals surface area contributed by atoms with Crippen LogP contribution in [0.15, 0.2) is 29.6 Å². The normalized spacial score (nSPS) is 16.6. The Balaban J connectivity index is 1.68. The minimum Gasteiger partial charge on any atom is -0.304 e. The number of fused-ring (bicyclic) bond motifs is 1. The number of carbonyl (C=O) groups excluding carboxylic acids is 1. The fraction of sp³-hybridized carbons (Fsp3) is 0.353. The van der Waals surface area contributed by atoms with Crippen molar-refractivity contribution in [1.29, 1.82) is 0 Å². The summed E-state index contributed by atoms with van der Waals surface area (Å²) in [7, 11) is 1.98. The monoisotopic (exact) mass is 410 g/mol. The van der Waals surface area contributed by atoms with Crippen molar-refractivity contribution in [3.05, 3.63) is 41.0 Å². The number of likely N-dealkylation sites (N-methyl/N-ethyl adjacent to an activating group) is 1. The van der Waals surface area contributed by atoms with Gasteiger partial charge in [0.2, 0.25) is 0 Å². The smallest absolute Gasteiger partial charge is 0.304 e. The van der Waals surface area contributed by atoms with Crippen LogP contribution in [0.25, 0.3) is 16.2 Å². The SMILES string of the molecule is CN1CCN(NC(=O)c2cc3nc(-c4cccs4)cc(C(F)(F)F)n3n2)CC1. The Hall–Kier alpha value is -2.50. The minimum absolute atomic E-state index is 0.0262. The number of amides is 1. The highest BCUT2D eigenvalue weighted by Gasteiger charge is 2.36. The van der Waals surface area contributed by atoms with E-state index < -0.39 is 17.8 Å². The van der Waals surface area contributed by atoms with Gasteiger partial charge in [-0.05, 0) is 24.6 Å². The predicted octanol–water partition coefficient (Wildman–Crippen LogP) is 2.37. The first-order chi connectivity index (χ1) is 13.3. The third-order valence-electron chi connectivity index (χ3n) is 4.49. The van der Waals surface area contributed by atoms with Crippen LogP contribution in [0.2, 0.25) is 0 Å². The molecule has 1 N–H and O–H groups in total. The largest absolute Gasteiger partial charge is 0.433 e. The van der Waals surface area contributed by atoms with Crippen LogP contribution in [0, 0.1) is 0 Å². The number of aromatic nitrogens is 3. The molecule has 0 atom stereocenters. The van der Waals surface area contributed by atoms with Gasteiger partial charge in [0.15, 0.2) is 17.0 Å². The van der Waals surface area contributed by atoms with Crippen LogP contribution in [0.1, 0.15) is 16.2 Å². The number of alkyl halides is 3. The summed E-state index contributed by atoms with van der Waals surface area (Å²) in [4.78, 5) is 19.5. The summed E-state index contributed by atoms with van der Waals surface area (Å²) in [6, 6.07) is 5.66. The van der Waals surface area contributed by atoms with Gasteiger partial charge >= 0.3 is 6.18 Å². The maximum atomic E-state index is 13.6. The number of rotatable bonds is 3. The van der Waals surface area contributed by atoms with Gasteiger partial charge in [-0.1, -0.05) is 6.07 Å². The standard InChI is InChI=1S/C17H17F3N6OS/c1-24-4-6-25(7-5-24)23-16(27)12-10-15-21-11(13-3-2-8-28-13)9-14(17(18,19)20)26(15)22-12/h2-3,8-10H,4-7H2,1H3,(H,23,27). The van der Waals surface area contributed by atoms with Crippen molar-refractivity contribution in [1.82, 2.24) is 29.9 Å². The maximum Gasteiger partial charge on any atom is 0.433 e. The Labute approximate surface area is 162 Å². The lowest BCUT2D eigenvalue weighted by Crippen LogP contribution is -2.52. The molecular formula is C17H17F3N6OS. The van der Waals surface area contributed by atoms with E-state index in [0.717, 1.165) is 19.2 Å². The van der Waals surface area contributed by atoms with Crippen LogP contribution in [0.3, 0.4) is 0 Å². The zero-order valence-corrected chi connectivity index (χ0v) is 15.7. The van der Waals surface area contributed by atoms with E-state index in [1.807, 2.05) is 7.05 Å². The Bertz CT molecular complexity index is 992. The molecule has 1 saturated heterocycles. The van der Waals surface area contributed by atoms with E-state index in [-0.39, 0.29) is 17.0 Å². The second kappa shape index (κ2) is 7.15. The molecule has 4 heterocycles. The summed E-state index contributed by atoms with van der Waals surface area (Å²) < 4.78 is 41.4. The zero-order valence-electron chi connectivity index (χ0n) is 14.9. The number of hydrogen-bond acceptors (Lipinski definition) is 6. The highest BCUT2D eigenvalue weighted by molar-refractivity contribution is 7.13. The van der Waals surface area contributed by atoms with Crippen LogP contribution in [-0.4, -0.2) is 63.6 Å². The average molecular weight is 410 g/mol. The van der Waals surface area contributed by atoms with Crippen molar-refractivity contribution in [2.24, 2.45) is 0 Å². The summed E-state index contributed by atoms with van der Waals surface area (Å²) in [5.74, 6) is -0.555. The summed E-state index contributed by atoms with van der Waals surface area (Å²) in [5, 5.41) is 7.37. The second-order valence-corrected chi connectivity index (χ2v) is 7.48. The molecule has 0 saturated carbocycles. The molecular weight excluding hydrogens is 393 g/mol. The number of nitrogens with one attached hydrogen (secondary N) is 1. The molecule has 1 aliphatic heterocycles. The van der Waals surface area contributed by atoms with Crippen LogP contribution < -0.4 is 5.43 Å². The van der Waals surface area contributed by atoms with Crippen LogP contribution in [0.4, 0.5) is 13.2 Å². The summed E-state index contributed by atoms with van der Waals surface area (Å²) in [5.41, 5.74) is 1.79. The Morgan fingerprint density at radius 3 is 2.61 bits per heavy atom. The third kappa shape index (κ3) is 3.73. The van der Waals surface area contributed by atoms with E-state index in [1.165, 1.54) is 17.4 Å². The lowest BCUT2D eigenvalue weighted by molar-refractivity contribution is -0.142. The first-order valence-electron chi connectivity index (χ1n) is 8.57. The highest BCUT2D eigenvalue weighted by Crippen LogP contribution is 2.33. The molecule has 0 aromatic carbocycles. The molecule has 0 aliphatic carbocycles. The predicted molar refractivity (Wildman–Crippen MR) is 97.8 cm³/mol. The molecule has 7 nitrogen and oxygen atoms in total. The van der Waals surface area contributed by atoms with Gasteiger partial charge in [-0.3, -0.25) is 10.2 Å². The number of nitrogens with zero attached hydrogens (tertiary/aromatic N) is 5. The van der Waals surface area contributed by atoms with Crippen molar-refractivity contribution in [3.63, 3.8) is 0 Å². The first kappa shape index (κ1) is 18.8. The van der Waals surface area contributed by atoms with E-state index in [2.05, 4.69) is 20.4 Å². The van der Waals surface area contributed by atoms with Crippen molar-refractivity contribution < 1.29 is 18.0 Å². The molecule has 3 aromatic rings. The fourth-order valence-corrected chi connectivity index (χ4v) is 3.64. The molecule has 28 heavy (non-hydrogen) atoms. The number of piperazine rings is 1. The molecule has 4 rings (SSSR count). The zero-order chi connectivity index (χ0) is 19.9. The van der Waals surface area contributed by atoms with Gasteiger partial charge in [-0.15, -0.1) is 11.3 Å². The van der Waals surface area contributed by atoms with Crippen LogP contribution in [-0.2, 0) is 6.18 Å². The molecule has 11 heteroatoms. The quantitative estimate of drug-likeness (QED) is 0.718. The maximum absolute atomic E-state index is 13.6. The van der Waals surface area contributed by atoms with E-state index in [1.54, 1.807) is 22.5 Å². The van der Waals surface area contributed by atoms with Gasteiger partial charge in [-0.25, -0.2) is 14.5 Å². The topological polar surface area (TPSA) is 65.8 Å². The molecule has 148 valence electrons. The summed E-state index contributed by atoms with van der Waals surface area (Å²) >= 11 is 1.29. The Kier molecular flexibility index (Phi) is 4.81. The number of hydrogen-bond donors (Lipinski definition) is 1. The summed E-state index contributed by atoms with van der Waals surface area (Å²) in [6.45, 7) is 2.83. The van der Waals surface area contributed by atoms with Crippen molar-refractivity contribution >= 4 is 22.9 Å². The molecule has 3 aromatic heterocycles. The van der Waals surface area contributed by atoms with Crippen molar-refractivity contribution in [3.8, 4) is 10.6 Å². The van der Waals surface area contributed by atoms with Gasteiger partial charge in [-0.2, -0.15) is 18.3 Å². The number of thiophene rings is 1. The Morgan fingerprint density at radius 2 is 1.96 bits per heavy atom. The molecule has 0 radical (unpaired) electrons. The van der Waals surface area contributed by atoms with Crippen molar-refractivity contribution in [2.45, 2.75) is 6.18 Å². The first-order valence-corrected chi connectivity index (χ1v) is 9.45. The van der Waals surface area contributed by atoms with Crippen molar-refractivity contribution in [2.75, 3.05) is 33.2 Å². The van der Waals surface area contributed by atoms with E-state index in [4.69, 9.17) is 0 Å². The number of carbonyl (C=O) groups is 1. The number of halogens is 3. The lowest BCUT2D eigenvalue weighted by atomic mass is 10.2. The van der Waals surface area contributed by atoms with Crippen LogP contribution in [0.5, 0.6) is 0 Å². The van der Waals surface area contributed by atoms with E-state index >= 15 is 0 Å². The van der Waals surface area contributed by atoms with Gasteiger partial charge in [0.05, 0.1) is 10.6 Å². The molecule has 1 aliphatic rings. The van der Waals surface area contributed by atoms with Gasteiger partial charge in [0.25, 0.3) is 5.91 Å². The molecule has 0 spiro atoms. The summed E-state index contributed by atoms with van der Waals surface area (Å²) in [6.07, 6.45) is -4.63. The third-order valence-corrected chi connectivity index (χ3v) is 5.38. The number of hydrazine groups is 1. The van der Waals surface area contributed by atoms with Gasteiger partial charge in [0, 0.05) is 32.2 Å². The molecule has 1 amide bonds. The van der Waals surface area contributed by atoms with Gasteiger partial charge < -0.3 is 4.90 Å². The average Bonchev–Trinajstić information content (AvgIpc) is 3.31. The Morgan fingerprint density at radius 1 is 1.21 bits per heavy atom.